The summed E-state index contributed by atoms with van der Waals surface area (Å²) < 4.78 is 4.94. The van der Waals surface area contributed by atoms with Gasteiger partial charge in [0, 0.05) is 16.6 Å². The number of carbonyl (C=O) groups excluding carboxylic acids is 1. The summed E-state index contributed by atoms with van der Waals surface area (Å²) in [6.45, 7) is 0.669. The first-order valence-corrected chi connectivity index (χ1v) is 9.35. The highest BCUT2D eigenvalue weighted by Gasteiger charge is 2.17. The molecule has 0 saturated heterocycles. The van der Waals surface area contributed by atoms with Gasteiger partial charge in [0.2, 0.25) is 0 Å². The number of rotatable bonds is 5. The second kappa shape index (κ2) is 7.84. The Morgan fingerprint density at radius 2 is 2.09 bits per heavy atom. The van der Waals surface area contributed by atoms with Crippen LogP contribution in [-0.2, 0) is 0 Å². The van der Waals surface area contributed by atoms with E-state index in [0.29, 0.717) is 17.1 Å². The minimum absolute atomic E-state index is 0.0886. The highest BCUT2D eigenvalue weighted by molar-refractivity contribution is 9.10. The molecule has 120 valence electrons. The number of hydrogen-bond acceptors (Lipinski definition) is 4. The lowest BCUT2D eigenvalue weighted by atomic mass is 9.97. The summed E-state index contributed by atoms with van der Waals surface area (Å²) in [6, 6.07) is 7.74. The molecule has 3 rings (SSSR count). The Hall–Kier alpha value is -1.53. The lowest BCUT2D eigenvalue weighted by molar-refractivity contribution is 0.0958. The SMILES string of the molecule is O=C(NCCC1=CCCCC1)c1snnc1-c1ccc(Br)cc1. The maximum Gasteiger partial charge on any atom is 0.265 e. The number of halogens is 1. The maximum atomic E-state index is 12.4. The molecule has 1 aromatic carbocycles. The molecule has 0 unspecified atom stereocenters. The molecule has 1 heterocycles. The van der Waals surface area contributed by atoms with Crippen molar-refractivity contribution in [3.8, 4) is 11.3 Å². The highest BCUT2D eigenvalue weighted by atomic mass is 79.9. The topological polar surface area (TPSA) is 54.9 Å². The predicted octanol–water partition coefficient (Wildman–Crippen LogP) is 4.59. The van der Waals surface area contributed by atoms with Crippen molar-refractivity contribution in [2.24, 2.45) is 0 Å². The average molecular weight is 392 g/mol. The van der Waals surface area contributed by atoms with Crippen LogP contribution in [0.2, 0.25) is 0 Å². The Kier molecular flexibility index (Phi) is 5.56. The van der Waals surface area contributed by atoms with Crippen LogP contribution in [0.3, 0.4) is 0 Å². The second-order valence-electron chi connectivity index (χ2n) is 5.57. The zero-order valence-electron chi connectivity index (χ0n) is 12.7. The first-order valence-electron chi connectivity index (χ1n) is 7.78. The molecule has 1 aromatic heterocycles. The van der Waals surface area contributed by atoms with Crippen LogP contribution >= 0.6 is 27.5 Å². The Bertz CT molecular complexity index is 709. The number of benzene rings is 1. The van der Waals surface area contributed by atoms with E-state index in [-0.39, 0.29) is 5.91 Å². The van der Waals surface area contributed by atoms with Crippen LogP contribution in [0.25, 0.3) is 11.3 Å². The molecule has 0 fully saturated rings. The van der Waals surface area contributed by atoms with Crippen LogP contribution in [0, 0.1) is 0 Å². The van der Waals surface area contributed by atoms with Crippen LogP contribution in [0.5, 0.6) is 0 Å². The van der Waals surface area contributed by atoms with Crippen LogP contribution in [0.4, 0.5) is 0 Å². The standard InChI is InChI=1S/C17H18BrN3OS/c18-14-8-6-13(7-9-14)15-16(23-21-20-15)17(22)19-11-10-12-4-2-1-3-5-12/h4,6-9H,1-3,5,10-11H2,(H,19,22). The summed E-state index contributed by atoms with van der Waals surface area (Å²) in [5.41, 5.74) is 3.02. The van der Waals surface area contributed by atoms with Gasteiger partial charge < -0.3 is 5.32 Å². The quantitative estimate of drug-likeness (QED) is 0.758. The van der Waals surface area contributed by atoms with Crippen LogP contribution in [0.15, 0.2) is 40.4 Å². The lowest BCUT2D eigenvalue weighted by Crippen LogP contribution is -2.24. The van der Waals surface area contributed by atoms with Gasteiger partial charge in [-0.1, -0.05) is 44.2 Å². The number of amides is 1. The molecule has 4 nitrogen and oxygen atoms in total. The number of carbonyl (C=O) groups is 1. The van der Waals surface area contributed by atoms with E-state index in [9.17, 15) is 4.79 Å². The van der Waals surface area contributed by atoms with Gasteiger partial charge in [0.25, 0.3) is 5.91 Å². The largest absolute Gasteiger partial charge is 0.351 e. The van der Waals surface area contributed by atoms with E-state index in [1.807, 2.05) is 24.3 Å². The molecule has 0 saturated carbocycles. The van der Waals surface area contributed by atoms with E-state index < -0.39 is 0 Å². The zero-order chi connectivity index (χ0) is 16.1. The minimum atomic E-state index is -0.0886. The number of aromatic nitrogens is 2. The van der Waals surface area contributed by atoms with Gasteiger partial charge in [0.15, 0.2) is 0 Å². The van der Waals surface area contributed by atoms with E-state index in [0.717, 1.165) is 28.0 Å². The Morgan fingerprint density at radius 1 is 1.26 bits per heavy atom. The molecule has 1 aliphatic carbocycles. The molecule has 1 amide bonds. The van der Waals surface area contributed by atoms with Gasteiger partial charge in [-0.2, -0.15) is 0 Å². The van der Waals surface area contributed by atoms with Gasteiger partial charge in [-0.25, -0.2) is 0 Å². The summed E-state index contributed by atoms with van der Waals surface area (Å²) in [7, 11) is 0. The Labute approximate surface area is 148 Å². The van der Waals surface area contributed by atoms with E-state index in [1.54, 1.807) is 0 Å². The molecule has 0 radical (unpaired) electrons. The molecule has 1 N–H and O–H groups in total. The molecule has 23 heavy (non-hydrogen) atoms. The van der Waals surface area contributed by atoms with Crippen molar-refractivity contribution in [1.82, 2.24) is 14.9 Å². The predicted molar refractivity (Wildman–Crippen MR) is 96.5 cm³/mol. The van der Waals surface area contributed by atoms with Gasteiger partial charge in [0.1, 0.15) is 10.6 Å². The molecule has 0 atom stereocenters. The zero-order valence-corrected chi connectivity index (χ0v) is 15.1. The number of nitrogens with one attached hydrogen (secondary N) is 1. The third-order valence-corrected chi connectivity index (χ3v) is 5.18. The molecule has 1 aliphatic rings. The number of nitrogens with zero attached hydrogens (tertiary/aromatic N) is 2. The first-order chi connectivity index (χ1) is 11.2. The lowest BCUT2D eigenvalue weighted by Gasteiger charge is -2.12. The van der Waals surface area contributed by atoms with Gasteiger partial charge in [-0.3, -0.25) is 4.79 Å². The van der Waals surface area contributed by atoms with Crippen LogP contribution in [0.1, 0.15) is 41.8 Å². The van der Waals surface area contributed by atoms with Crippen molar-refractivity contribution >= 4 is 33.4 Å². The minimum Gasteiger partial charge on any atom is -0.351 e. The summed E-state index contributed by atoms with van der Waals surface area (Å²) >= 11 is 4.55. The third kappa shape index (κ3) is 4.26. The molecule has 0 spiro atoms. The van der Waals surface area contributed by atoms with Gasteiger partial charge >= 0.3 is 0 Å². The summed E-state index contributed by atoms with van der Waals surface area (Å²) in [6.07, 6.45) is 8.16. The molecular formula is C17H18BrN3OS. The third-order valence-electron chi connectivity index (χ3n) is 3.93. The Morgan fingerprint density at radius 3 is 2.83 bits per heavy atom. The van der Waals surface area contributed by atoms with E-state index in [1.165, 1.54) is 31.3 Å². The van der Waals surface area contributed by atoms with Crippen molar-refractivity contribution in [3.63, 3.8) is 0 Å². The van der Waals surface area contributed by atoms with Crippen LogP contribution < -0.4 is 5.32 Å². The first kappa shape index (κ1) is 16.3. The average Bonchev–Trinajstić information content (AvgIpc) is 3.06. The van der Waals surface area contributed by atoms with Gasteiger partial charge in [-0.15, -0.1) is 5.10 Å². The van der Waals surface area contributed by atoms with Gasteiger partial charge in [-0.05, 0) is 55.8 Å². The van der Waals surface area contributed by atoms with Crippen molar-refractivity contribution in [2.45, 2.75) is 32.1 Å². The monoisotopic (exact) mass is 391 g/mol. The van der Waals surface area contributed by atoms with Crippen molar-refractivity contribution < 1.29 is 4.79 Å². The number of allylic oxidation sites excluding steroid dienone is 1. The summed E-state index contributed by atoms with van der Waals surface area (Å²) in [5.74, 6) is -0.0886. The van der Waals surface area contributed by atoms with Gasteiger partial charge in [0.05, 0.1) is 0 Å². The smallest absolute Gasteiger partial charge is 0.265 e. The fraction of sp³-hybridized carbons (Fsp3) is 0.353. The molecule has 2 aromatic rings. The Balaban J connectivity index is 1.63. The van der Waals surface area contributed by atoms with E-state index >= 15 is 0 Å². The van der Waals surface area contributed by atoms with Crippen LogP contribution in [-0.4, -0.2) is 22.0 Å². The molecule has 0 aliphatic heterocycles. The summed E-state index contributed by atoms with van der Waals surface area (Å²) in [4.78, 5) is 13.0. The fourth-order valence-corrected chi connectivity index (χ4v) is 3.55. The normalized spacial score (nSPS) is 14.4. The molecule has 0 bridgehead atoms. The maximum absolute atomic E-state index is 12.4. The summed E-state index contributed by atoms with van der Waals surface area (Å²) in [5, 5.41) is 7.11. The molecular weight excluding hydrogens is 374 g/mol. The van der Waals surface area contributed by atoms with E-state index in [2.05, 4.69) is 36.9 Å². The number of hydrogen-bond donors (Lipinski definition) is 1. The second-order valence-corrected chi connectivity index (χ2v) is 7.24. The fourth-order valence-electron chi connectivity index (χ4n) is 2.68. The molecule has 6 heteroatoms. The van der Waals surface area contributed by atoms with Crippen molar-refractivity contribution in [3.05, 3.63) is 45.3 Å². The van der Waals surface area contributed by atoms with E-state index in [4.69, 9.17) is 0 Å². The van der Waals surface area contributed by atoms with Crippen molar-refractivity contribution in [2.75, 3.05) is 6.54 Å². The van der Waals surface area contributed by atoms with Crippen molar-refractivity contribution in [1.29, 1.82) is 0 Å². The highest BCUT2D eigenvalue weighted by Crippen LogP contribution is 2.25.